The number of nitrogens with zero attached hydrogens (tertiary/aromatic N) is 1. The molecule has 3 aromatic rings. The quantitative estimate of drug-likeness (QED) is 0.434. The largest absolute Gasteiger partial charge is 0.444 e. The van der Waals surface area contributed by atoms with E-state index in [1.165, 1.54) is 0 Å². The normalized spacial score (nSPS) is 11.2. The van der Waals surface area contributed by atoms with Crippen molar-refractivity contribution in [2.45, 2.75) is 52.1 Å². The van der Waals surface area contributed by atoms with Gasteiger partial charge in [-0.05, 0) is 51.8 Å². The maximum absolute atomic E-state index is 12.4. The van der Waals surface area contributed by atoms with Crippen LogP contribution in [0.3, 0.4) is 0 Å². The van der Waals surface area contributed by atoms with Crippen LogP contribution in [0.25, 0.3) is 22.0 Å². The van der Waals surface area contributed by atoms with Crippen molar-refractivity contribution in [2.24, 2.45) is 0 Å². The van der Waals surface area contributed by atoms with Crippen LogP contribution in [-0.4, -0.2) is 34.3 Å². The van der Waals surface area contributed by atoms with E-state index < -0.39 is 11.7 Å². The molecule has 0 saturated heterocycles. The zero-order valence-electron chi connectivity index (χ0n) is 19.2. The summed E-state index contributed by atoms with van der Waals surface area (Å²) < 4.78 is 5.18. The summed E-state index contributed by atoms with van der Waals surface area (Å²) in [7, 11) is 0. The number of carbonyl (C=O) groups excluding carboxylic acids is 2. The first-order chi connectivity index (χ1) is 15.7. The third-order valence-electron chi connectivity index (χ3n) is 4.86. The summed E-state index contributed by atoms with van der Waals surface area (Å²) in [6, 6.07) is 14.7. The van der Waals surface area contributed by atoms with Crippen molar-refractivity contribution in [1.82, 2.24) is 15.5 Å². The van der Waals surface area contributed by atoms with Gasteiger partial charge in [0.2, 0.25) is 5.91 Å². The molecule has 0 aliphatic rings. The second-order valence-electron chi connectivity index (χ2n) is 8.82. The van der Waals surface area contributed by atoms with Gasteiger partial charge in [-0.1, -0.05) is 36.8 Å². The van der Waals surface area contributed by atoms with E-state index in [0.29, 0.717) is 36.2 Å². The van der Waals surface area contributed by atoms with Crippen LogP contribution >= 0.6 is 0 Å². The summed E-state index contributed by atoms with van der Waals surface area (Å²) in [4.78, 5) is 36.0. The molecule has 1 heterocycles. The number of rotatable bonds is 8. The molecule has 0 unspecified atom stereocenters. The molecule has 3 rings (SSSR count). The third kappa shape index (κ3) is 7.17. The van der Waals surface area contributed by atoms with Crippen LogP contribution in [0.1, 0.15) is 46.5 Å². The maximum atomic E-state index is 12.4. The molecule has 2 amide bonds. The summed E-state index contributed by atoms with van der Waals surface area (Å²) in [5.41, 5.74) is 1.37. The fourth-order valence-corrected chi connectivity index (χ4v) is 3.39. The molecule has 3 N–H and O–H groups in total. The van der Waals surface area contributed by atoms with Crippen molar-refractivity contribution in [2.75, 3.05) is 11.9 Å². The Hall–Kier alpha value is -3.68. The lowest BCUT2D eigenvalue weighted by Gasteiger charge is -2.19. The Morgan fingerprint density at radius 3 is 2.52 bits per heavy atom. The Kier molecular flexibility index (Phi) is 7.82. The average Bonchev–Trinajstić information content (AvgIpc) is 2.75. The molecule has 0 aliphatic heterocycles. The highest BCUT2D eigenvalue weighted by Crippen LogP contribution is 2.26. The Morgan fingerprint density at radius 2 is 1.76 bits per heavy atom. The molecule has 0 aliphatic carbocycles. The Morgan fingerprint density at radius 1 is 1.00 bits per heavy atom. The van der Waals surface area contributed by atoms with Crippen molar-refractivity contribution in [3.05, 3.63) is 58.9 Å². The number of anilines is 1. The Labute approximate surface area is 192 Å². The molecular weight excluding hydrogens is 420 g/mol. The third-order valence-corrected chi connectivity index (χ3v) is 4.86. The maximum Gasteiger partial charge on any atom is 0.407 e. The molecule has 8 heteroatoms. The summed E-state index contributed by atoms with van der Waals surface area (Å²) in [5.74, 6) is -0.0773. The van der Waals surface area contributed by atoms with E-state index in [1.54, 1.807) is 6.07 Å². The van der Waals surface area contributed by atoms with E-state index >= 15 is 0 Å². The van der Waals surface area contributed by atoms with Gasteiger partial charge in [0.05, 0.1) is 11.1 Å². The highest BCUT2D eigenvalue weighted by molar-refractivity contribution is 5.95. The van der Waals surface area contributed by atoms with Crippen LogP contribution < -0.4 is 16.2 Å². The van der Waals surface area contributed by atoms with Crippen molar-refractivity contribution in [3.63, 3.8) is 0 Å². The first-order valence-electron chi connectivity index (χ1n) is 11.1. The van der Waals surface area contributed by atoms with Crippen LogP contribution in [-0.2, 0) is 9.53 Å². The molecular formula is C25H30N4O4. The summed E-state index contributed by atoms with van der Waals surface area (Å²) in [6.07, 6.45) is 2.26. The van der Waals surface area contributed by atoms with Gasteiger partial charge in [0, 0.05) is 29.6 Å². The number of amides is 2. The van der Waals surface area contributed by atoms with Gasteiger partial charge in [0.25, 0.3) is 5.56 Å². The van der Waals surface area contributed by atoms with Gasteiger partial charge in [0.1, 0.15) is 5.60 Å². The highest BCUT2D eigenvalue weighted by Gasteiger charge is 2.15. The zero-order valence-corrected chi connectivity index (χ0v) is 19.2. The number of aromatic nitrogens is 2. The number of nitrogens with one attached hydrogen (secondary N) is 3. The van der Waals surface area contributed by atoms with Crippen LogP contribution in [0.2, 0.25) is 0 Å². The van der Waals surface area contributed by atoms with Gasteiger partial charge in [-0.15, -0.1) is 0 Å². The summed E-state index contributed by atoms with van der Waals surface area (Å²) in [6.45, 7) is 5.97. The molecule has 1 aromatic heterocycles. The van der Waals surface area contributed by atoms with Crippen molar-refractivity contribution in [1.29, 1.82) is 0 Å². The van der Waals surface area contributed by atoms with Crippen molar-refractivity contribution < 1.29 is 14.3 Å². The van der Waals surface area contributed by atoms with Crippen molar-refractivity contribution in [3.8, 4) is 11.3 Å². The molecule has 0 bridgehead atoms. The minimum absolute atomic E-state index is 0.0773. The van der Waals surface area contributed by atoms with Gasteiger partial charge in [-0.2, -0.15) is 5.10 Å². The topological polar surface area (TPSA) is 113 Å². The molecule has 174 valence electrons. The van der Waals surface area contributed by atoms with Gasteiger partial charge in [0.15, 0.2) is 0 Å². The van der Waals surface area contributed by atoms with E-state index in [-0.39, 0.29) is 11.5 Å². The number of ether oxygens (including phenoxy) is 1. The molecule has 0 radical (unpaired) electrons. The molecule has 2 aromatic carbocycles. The molecule has 0 fully saturated rings. The lowest BCUT2D eigenvalue weighted by atomic mass is 10.0. The molecule has 0 saturated carbocycles. The van der Waals surface area contributed by atoms with Crippen LogP contribution in [0, 0.1) is 0 Å². The predicted molar refractivity (Wildman–Crippen MR) is 129 cm³/mol. The number of carbonyl (C=O) groups is 2. The van der Waals surface area contributed by atoms with E-state index in [9.17, 15) is 14.4 Å². The fourth-order valence-electron chi connectivity index (χ4n) is 3.39. The fraction of sp³-hybridized carbons (Fsp3) is 0.360. The number of unbranched alkanes of at least 4 members (excludes halogenated alkanes) is 2. The zero-order chi connectivity index (χ0) is 23.8. The van der Waals surface area contributed by atoms with Crippen LogP contribution in [0.15, 0.2) is 53.3 Å². The molecule has 0 atom stereocenters. The number of hydrogen-bond donors (Lipinski definition) is 3. The average molecular weight is 451 g/mol. The van der Waals surface area contributed by atoms with Gasteiger partial charge in [-0.3, -0.25) is 9.59 Å². The molecule has 0 spiro atoms. The number of benzene rings is 2. The van der Waals surface area contributed by atoms with Gasteiger partial charge in [-0.25, -0.2) is 9.89 Å². The first kappa shape index (κ1) is 24.0. The highest BCUT2D eigenvalue weighted by atomic mass is 16.6. The van der Waals surface area contributed by atoms with E-state index in [2.05, 4.69) is 20.8 Å². The first-order valence-corrected chi connectivity index (χ1v) is 11.1. The number of fused-ring (bicyclic) bond motifs is 1. The number of aromatic amines is 1. The minimum atomic E-state index is -0.514. The molecule has 33 heavy (non-hydrogen) atoms. The van der Waals surface area contributed by atoms with Gasteiger partial charge < -0.3 is 15.4 Å². The number of alkyl carbamates (subject to hydrolysis) is 1. The van der Waals surface area contributed by atoms with E-state index in [1.807, 2.05) is 63.2 Å². The minimum Gasteiger partial charge on any atom is -0.444 e. The van der Waals surface area contributed by atoms with Crippen molar-refractivity contribution >= 4 is 28.5 Å². The van der Waals surface area contributed by atoms with Crippen LogP contribution in [0.4, 0.5) is 10.5 Å². The summed E-state index contributed by atoms with van der Waals surface area (Å²) in [5, 5.41) is 13.7. The lowest BCUT2D eigenvalue weighted by molar-refractivity contribution is -0.116. The second-order valence-corrected chi connectivity index (χ2v) is 8.82. The number of H-pyrrole nitrogens is 1. The lowest BCUT2D eigenvalue weighted by Crippen LogP contribution is -2.33. The Balaban J connectivity index is 1.49. The van der Waals surface area contributed by atoms with E-state index in [4.69, 9.17) is 4.74 Å². The second kappa shape index (κ2) is 10.8. The SMILES string of the molecule is CC(C)(C)OC(=O)NCCCCCC(=O)Nc1cccc(-c2n[nH]c(=O)c3ccccc23)c1. The monoisotopic (exact) mass is 450 g/mol. The van der Waals surface area contributed by atoms with Gasteiger partial charge >= 0.3 is 6.09 Å². The summed E-state index contributed by atoms with van der Waals surface area (Å²) >= 11 is 0. The number of hydrogen-bond acceptors (Lipinski definition) is 5. The smallest absolute Gasteiger partial charge is 0.407 e. The standard InChI is InChI=1S/C25H30N4O4/c1-25(2,3)33-24(32)26-15-8-4-5-14-21(30)27-18-11-9-10-17(16-18)22-19-12-6-7-13-20(19)23(31)29-28-22/h6-7,9-13,16H,4-5,8,14-15H2,1-3H3,(H,26,32)(H,27,30)(H,29,31). The molecule has 8 nitrogen and oxygen atoms in total. The Bertz CT molecular complexity index is 1180. The van der Waals surface area contributed by atoms with E-state index in [0.717, 1.165) is 23.8 Å². The van der Waals surface area contributed by atoms with Crippen LogP contribution in [0.5, 0.6) is 0 Å². The predicted octanol–water partition coefficient (Wildman–Crippen LogP) is 4.61.